The first-order valence-corrected chi connectivity index (χ1v) is 10.6. The van der Waals surface area contributed by atoms with E-state index in [2.05, 4.69) is 10.6 Å². The maximum absolute atomic E-state index is 12.7. The summed E-state index contributed by atoms with van der Waals surface area (Å²) in [5.41, 5.74) is 0.571. The SMILES string of the molecule is O=C(NC1CC(CNC(=O)C23CCC(CC2)CC3)C1)C1CC2(CC2)C1. The summed E-state index contributed by atoms with van der Waals surface area (Å²) in [6.45, 7) is 0.808. The van der Waals surface area contributed by atoms with Crippen LogP contribution in [0, 0.1) is 28.6 Å². The molecular formula is C21H32N2O2. The van der Waals surface area contributed by atoms with E-state index in [9.17, 15) is 9.59 Å². The van der Waals surface area contributed by atoms with Crippen LogP contribution < -0.4 is 10.6 Å². The van der Waals surface area contributed by atoms with Crippen LogP contribution in [0.25, 0.3) is 0 Å². The van der Waals surface area contributed by atoms with Gasteiger partial charge in [-0.25, -0.2) is 0 Å². The van der Waals surface area contributed by atoms with Crippen LogP contribution in [0.15, 0.2) is 0 Å². The average molecular weight is 344 g/mol. The summed E-state index contributed by atoms with van der Waals surface area (Å²) in [5, 5.41) is 6.50. The topological polar surface area (TPSA) is 58.2 Å². The molecule has 0 aromatic rings. The number of hydrogen-bond donors (Lipinski definition) is 2. The van der Waals surface area contributed by atoms with Crippen LogP contribution in [0.3, 0.4) is 0 Å². The highest BCUT2D eigenvalue weighted by atomic mass is 16.2. The predicted molar refractivity (Wildman–Crippen MR) is 95.7 cm³/mol. The first-order valence-electron chi connectivity index (χ1n) is 10.6. The molecule has 25 heavy (non-hydrogen) atoms. The van der Waals surface area contributed by atoms with Gasteiger partial charge in [-0.1, -0.05) is 0 Å². The second-order valence-corrected chi connectivity index (χ2v) is 10.1. The van der Waals surface area contributed by atoms with Crippen LogP contribution in [0.4, 0.5) is 0 Å². The molecule has 0 unspecified atom stereocenters. The molecule has 1 spiro atoms. The van der Waals surface area contributed by atoms with Crippen LogP contribution in [-0.4, -0.2) is 24.4 Å². The zero-order valence-electron chi connectivity index (χ0n) is 15.3. The number of carbonyl (C=O) groups is 2. The lowest BCUT2D eigenvalue weighted by Crippen LogP contribution is -2.52. The first-order chi connectivity index (χ1) is 12.1. The standard InChI is InChI=1S/C21H32N2O2/c24-18(16-11-20(12-16)7-8-20)23-17-9-15(10-17)13-22-19(25)21-4-1-14(2-5-21)3-6-21/h14-17H,1-13H2,(H,22,25)(H,23,24). The molecule has 6 aliphatic rings. The highest BCUT2D eigenvalue weighted by molar-refractivity contribution is 5.83. The van der Waals surface area contributed by atoms with Crippen LogP contribution in [-0.2, 0) is 9.59 Å². The van der Waals surface area contributed by atoms with Crippen LogP contribution >= 0.6 is 0 Å². The molecule has 0 saturated heterocycles. The summed E-state index contributed by atoms with van der Waals surface area (Å²) in [4.78, 5) is 24.9. The van der Waals surface area contributed by atoms with Gasteiger partial charge in [0.25, 0.3) is 0 Å². The van der Waals surface area contributed by atoms with E-state index < -0.39 is 0 Å². The lowest BCUT2D eigenvalue weighted by atomic mass is 9.60. The van der Waals surface area contributed by atoms with Gasteiger partial charge in [-0.15, -0.1) is 0 Å². The van der Waals surface area contributed by atoms with E-state index >= 15 is 0 Å². The van der Waals surface area contributed by atoms with Gasteiger partial charge in [0.05, 0.1) is 0 Å². The van der Waals surface area contributed by atoms with Gasteiger partial charge < -0.3 is 10.6 Å². The normalized spacial score (nSPS) is 40.9. The van der Waals surface area contributed by atoms with Crippen LogP contribution in [0.5, 0.6) is 0 Å². The van der Waals surface area contributed by atoms with Crippen molar-refractivity contribution in [1.82, 2.24) is 10.6 Å². The third-order valence-electron chi connectivity index (χ3n) is 8.40. The van der Waals surface area contributed by atoms with E-state index in [1.807, 2.05) is 0 Å². The molecule has 2 bridgehead atoms. The van der Waals surface area contributed by atoms with E-state index in [4.69, 9.17) is 0 Å². The smallest absolute Gasteiger partial charge is 0.226 e. The van der Waals surface area contributed by atoms with Gasteiger partial charge in [0.15, 0.2) is 0 Å². The Balaban J connectivity index is 1.01. The number of rotatable bonds is 5. The van der Waals surface area contributed by atoms with Gasteiger partial charge in [-0.2, -0.15) is 0 Å². The van der Waals surface area contributed by atoms with Gasteiger partial charge in [-0.3, -0.25) is 9.59 Å². The Kier molecular flexibility index (Phi) is 3.69. The molecule has 0 radical (unpaired) electrons. The Labute approximate surface area is 150 Å². The number of nitrogens with one attached hydrogen (secondary N) is 2. The van der Waals surface area contributed by atoms with Crippen molar-refractivity contribution >= 4 is 11.8 Å². The fourth-order valence-electron chi connectivity index (χ4n) is 6.11. The summed E-state index contributed by atoms with van der Waals surface area (Å²) in [6, 6.07) is 0.355. The molecule has 0 aliphatic heterocycles. The second-order valence-electron chi connectivity index (χ2n) is 10.1. The Bertz CT molecular complexity index is 547. The maximum Gasteiger partial charge on any atom is 0.226 e. The van der Waals surface area contributed by atoms with Crippen LogP contribution in [0.2, 0.25) is 0 Å². The summed E-state index contributed by atoms with van der Waals surface area (Å²) in [7, 11) is 0. The van der Waals surface area contributed by atoms with Crippen molar-refractivity contribution in [1.29, 1.82) is 0 Å². The highest BCUT2D eigenvalue weighted by Crippen LogP contribution is 2.63. The highest BCUT2D eigenvalue weighted by Gasteiger charge is 2.55. The average Bonchev–Trinajstić information content (AvgIpc) is 3.37. The minimum Gasteiger partial charge on any atom is -0.355 e. The third-order valence-corrected chi connectivity index (χ3v) is 8.40. The third kappa shape index (κ3) is 2.90. The van der Waals surface area contributed by atoms with Gasteiger partial charge in [-0.05, 0) is 94.3 Å². The molecular weight excluding hydrogens is 312 g/mol. The fourth-order valence-corrected chi connectivity index (χ4v) is 6.11. The monoisotopic (exact) mass is 344 g/mol. The molecule has 6 saturated carbocycles. The zero-order valence-corrected chi connectivity index (χ0v) is 15.3. The summed E-state index contributed by atoms with van der Waals surface area (Å²) in [5.74, 6) is 2.37. The Morgan fingerprint density at radius 2 is 1.56 bits per heavy atom. The molecule has 2 amide bonds. The summed E-state index contributed by atoms with van der Waals surface area (Å²) >= 11 is 0. The zero-order chi connectivity index (χ0) is 17.1. The second kappa shape index (κ2) is 5.72. The van der Waals surface area contributed by atoms with Gasteiger partial charge in [0.2, 0.25) is 11.8 Å². The fraction of sp³-hybridized carbons (Fsp3) is 0.905. The van der Waals surface area contributed by atoms with Crippen molar-refractivity contribution in [3.63, 3.8) is 0 Å². The summed E-state index contributed by atoms with van der Waals surface area (Å²) < 4.78 is 0. The molecule has 0 heterocycles. The largest absolute Gasteiger partial charge is 0.355 e. The molecule has 0 aromatic carbocycles. The molecule has 6 rings (SSSR count). The van der Waals surface area contributed by atoms with E-state index in [1.165, 1.54) is 32.1 Å². The van der Waals surface area contributed by atoms with E-state index in [1.54, 1.807) is 0 Å². The number of fused-ring (bicyclic) bond motifs is 3. The molecule has 6 fully saturated rings. The molecule has 0 atom stereocenters. The van der Waals surface area contributed by atoms with Crippen molar-refractivity contribution < 1.29 is 9.59 Å². The number of hydrogen-bond acceptors (Lipinski definition) is 2. The molecule has 2 N–H and O–H groups in total. The molecule has 4 nitrogen and oxygen atoms in total. The molecule has 138 valence electrons. The Morgan fingerprint density at radius 3 is 2.16 bits per heavy atom. The number of carbonyl (C=O) groups excluding carboxylic acids is 2. The van der Waals surface area contributed by atoms with Crippen molar-refractivity contribution in [2.45, 2.75) is 83.1 Å². The van der Waals surface area contributed by atoms with Crippen molar-refractivity contribution in [3.05, 3.63) is 0 Å². The minimum absolute atomic E-state index is 0.0326. The number of amides is 2. The minimum atomic E-state index is -0.0326. The lowest BCUT2D eigenvalue weighted by Gasteiger charge is -2.45. The van der Waals surface area contributed by atoms with Crippen molar-refractivity contribution in [2.24, 2.45) is 28.6 Å². The van der Waals surface area contributed by atoms with E-state index in [0.717, 1.165) is 57.4 Å². The van der Waals surface area contributed by atoms with Crippen molar-refractivity contribution in [3.8, 4) is 0 Å². The Morgan fingerprint density at radius 1 is 0.920 bits per heavy atom. The Hall–Kier alpha value is -1.06. The first kappa shape index (κ1) is 16.1. The molecule has 6 aliphatic carbocycles. The molecule has 4 heteroatoms. The van der Waals surface area contributed by atoms with Gasteiger partial charge >= 0.3 is 0 Å². The summed E-state index contributed by atoms with van der Waals surface area (Å²) in [6.07, 6.45) is 14.1. The van der Waals surface area contributed by atoms with Gasteiger partial charge in [0.1, 0.15) is 0 Å². The quantitative estimate of drug-likeness (QED) is 0.805. The van der Waals surface area contributed by atoms with Gasteiger partial charge in [0, 0.05) is 23.9 Å². The lowest BCUT2D eigenvalue weighted by molar-refractivity contribution is -0.137. The van der Waals surface area contributed by atoms with Crippen molar-refractivity contribution in [2.75, 3.05) is 6.54 Å². The van der Waals surface area contributed by atoms with Crippen LogP contribution in [0.1, 0.15) is 77.0 Å². The van der Waals surface area contributed by atoms with E-state index in [0.29, 0.717) is 35.1 Å². The predicted octanol–water partition coefficient (Wildman–Crippen LogP) is 3.16. The maximum atomic E-state index is 12.7. The molecule has 0 aromatic heterocycles. The van der Waals surface area contributed by atoms with E-state index in [-0.39, 0.29) is 5.41 Å².